The SMILES string of the molecule is Cl.Cl.O=C(Nc1ccc(-c2ncc3n2CCCC3)cc1)C1CCNC1. The number of amides is 1. The highest BCUT2D eigenvalue weighted by molar-refractivity contribution is 5.93. The predicted molar refractivity (Wildman–Crippen MR) is 105 cm³/mol. The Morgan fingerprint density at radius 2 is 2.00 bits per heavy atom. The van der Waals surface area contributed by atoms with E-state index in [1.54, 1.807) is 0 Å². The molecule has 0 bridgehead atoms. The Labute approximate surface area is 160 Å². The maximum atomic E-state index is 12.2. The number of aryl methyl sites for hydroxylation is 1. The summed E-state index contributed by atoms with van der Waals surface area (Å²) in [6.45, 7) is 2.77. The third kappa shape index (κ3) is 4.17. The number of hydrogen-bond donors (Lipinski definition) is 2. The Morgan fingerprint density at radius 1 is 1.20 bits per heavy atom. The molecule has 0 aliphatic carbocycles. The van der Waals surface area contributed by atoms with Crippen molar-refractivity contribution in [3.05, 3.63) is 36.2 Å². The van der Waals surface area contributed by atoms with Gasteiger partial charge in [0.2, 0.25) is 5.91 Å². The molecule has 3 heterocycles. The van der Waals surface area contributed by atoms with E-state index >= 15 is 0 Å². The molecule has 7 heteroatoms. The summed E-state index contributed by atoms with van der Waals surface area (Å²) in [5.41, 5.74) is 3.30. The molecule has 25 heavy (non-hydrogen) atoms. The first-order valence-corrected chi connectivity index (χ1v) is 8.48. The van der Waals surface area contributed by atoms with Crippen LogP contribution >= 0.6 is 24.8 Å². The van der Waals surface area contributed by atoms with Gasteiger partial charge in [-0.1, -0.05) is 0 Å². The Balaban J connectivity index is 0.00000113. The van der Waals surface area contributed by atoms with E-state index in [4.69, 9.17) is 0 Å². The molecule has 0 spiro atoms. The first-order chi connectivity index (χ1) is 11.3. The quantitative estimate of drug-likeness (QED) is 0.855. The number of fused-ring (bicyclic) bond motifs is 1. The van der Waals surface area contributed by atoms with Crippen molar-refractivity contribution >= 4 is 36.4 Å². The van der Waals surface area contributed by atoms with Crippen LogP contribution in [-0.2, 0) is 17.8 Å². The van der Waals surface area contributed by atoms with E-state index in [0.717, 1.165) is 49.6 Å². The Hall–Kier alpha value is -1.56. The molecule has 2 aromatic rings. The smallest absolute Gasteiger partial charge is 0.228 e. The van der Waals surface area contributed by atoms with Crippen molar-refractivity contribution in [3.8, 4) is 11.4 Å². The Morgan fingerprint density at radius 3 is 2.72 bits per heavy atom. The number of rotatable bonds is 3. The highest BCUT2D eigenvalue weighted by Crippen LogP contribution is 2.25. The highest BCUT2D eigenvalue weighted by atomic mass is 35.5. The summed E-state index contributed by atoms with van der Waals surface area (Å²) in [7, 11) is 0. The summed E-state index contributed by atoms with van der Waals surface area (Å²) in [6.07, 6.45) is 6.52. The summed E-state index contributed by atoms with van der Waals surface area (Å²) in [6, 6.07) is 8.04. The van der Waals surface area contributed by atoms with Crippen molar-refractivity contribution in [2.45, 2.75) is 32.2 Å². The highest BCUT2D eigenvalue weighted by Gasteiger charge is 2.22. The Kier molecular flexibility index (Phi) is 6.87. The molecular weight excluding hydrogens is 359 g/mol. The summed E-state index contributed by atoms with van der Waals surface area (Å²) in [4.78, 5) is 16.7. The fraction of sp³-hybridized carbons (Fsp3) is 0.444. The second-order valence-electron chi connectivity index (χ2n) is 6.44. The number of benzene rings is 1. The van der Waals surface area contributed by atoms with Crippen molar-refractivity contribution in [1.82, 2.24) is 14.9 Å². The lowest BCUT2D eigenvalue weighted by Crippen LogP contribution is -2.24. The number of nitrogens with zero attached hydrogens (tertiary/aromatic N) is 2. The summed E-state index contributed by atoms with van der Waals surface area (Å²) in [5.74, 6) is 1.24. The first kappa shape index (κ1) is 19.8. The number of aromatic nitrogens is 2. The number of carbonyl (C=O) groups excluding carboxylic acids is 1. The zero-order chi connectivity index (χ0) is 15.6. The fourth-order valence-corrected chi connectivity index (χ4v) is 3.49. The zero-order valence-corrected chi connectivity index (χ0v) is 15.7. The minimum atomic E-state index is 0. The van der Waals surface area contributed by atoms with Crippen molar-refractivity contribution in [1.29, 1.82) is 0 Å². The average molecular weight is 383 g/mol. The van der Waals surface area contributed by atoms with Crippen LogP contribution in [-0.4, -0.2) is 28.5 Å². The molecule has 2 aliphatic rings. The molecule has 0 saturated carbocycles. The zero-order valence-electron chi connectivity index (χ0n) is 14.0. The molecule has 136 valence electrons. The molecule has 5 nitrogen and oxygen atoms in total. The molecule has 2 aliphatic heterocycles. The molecule has 1 amide bonds. The number of imidazole rings is 1. The predicted octanol–water partition coefficient (Wildman–Crippen LogP) is 3.28. The van der Waals surface area contributed by atoms with Gasteiger partial charge in [0.1, 0.15) is 5.82 Å². The number of anilines is 1. The first-order valence-electron chi connectivity index (χ1n) is 8.48. The van der Waals surface area contributed by atoms with Gasteiger partial charge in [0.25, 0.3) is 0 Å². The minimum absolute atomic E-state index is 0. The van der Waals surface area contributed by atoms with E-state index in [9.17, 15) is 4.79 Å². The standard InChI is InChI=1S/C18H22N4O.2ClH/c23-18(14-8-9-19-11-14)21-15-6-4-13(5-7-15)17-20-12-16-3-1-2-10-22(16)17;;/h4-7,12,14,19H,1-3,8-11H2,(H,21,23);2*1H. The van der Waals surface area contributed by atoms with Crippen molar-refractivity contribution < 1.29 is 4.79 Å². The maximum Gasteiger partial charge on any atom is 0.228 e. The van der Waals surface area contributed by atoms with Gasteiger partial charge in [-0.05, 0) is 56.5 Å². The van der Waals surface area contributed by atoms with Gasteiger partial charge >= 0.3 is 0 Å². The van der Waals surface area contributed by atoms with E-state index < -0.39 is 0 Å². The second kappa shape index (κ2) is 8.70. The normalized spacial score (nSPS) is 18.6. The van der Waals surface area contributed by atoms with E-state index in [1.807, 2.05) is 30.5 Å². The van der Waals surface area contributed by atoms with Crippen molar-refractivity contribution in [3.63, 3.8) is 0 Å². The monoisotopic (exact) mass is 382 g/mol. The number of nitrogens with one attached hydrogen (secondary N) is 2. The fourth-order valence-electron chi connectivity index (χ4n) is 3.49. The van der Waals surface area contributed by atoms with Crippen LogP contribution in [0.5, 0.6) is 0 Å². The number of hydrogen-bond acceptors (Lipinski definition) is 3. The summed E-state index contributed by atoms with van der Waals surface area (Å²) >= 11 is 0. The second-order valence-corrected chi connectivity index (χ2v) is 6.44. The van der Waals surface area contributed by atoms with E-state index in [2.05, 4.69) is 20.2 Å². The summed E-state index contributed by atoms with van der Waals surface area (Å²) in [5, 5.41) is 6.24. The van der Waals surface area contributed by atoms with Gasteiger partial charge in [-0.2, -0.15) is 0 Å². The maximum absolute atomic E-state index is 12.2. The third-order valence-corrected chi connectivity index (χ3v) is 4.84. The van der Waals surface area contributed by atoms with Crippen LogP contribution in [0.3, 0.4) is 0 Å². The lowest BCUT2D eigenvalue weighted by atomic mass is 10.1. The van der Waals surface area contributed by atoms with Crippen LogP contribution in [0.1, 0.15) is 25.0 Å². The molecule has 0 radical (unpaired) electrons. The van der Waals surface area contributed by atoms with Gasteiger partial charge in [-0.25, -0.2) is 4.98 Å². The molecule has 1 aromatic heterocycles. The minimum Gasteiger partial charge on any atom is -0.328 e. The third-order valence-electron chi connectivity index (χ3n) is 4.84. The van der Waals surface area contributed by atoms with Crippen LogP contribution in [0.4, 0.5) is 5.69 Å². The van der Waals surface area contributed by atoms with Crippen LogP contribution in [0, 0.1) is 5.92 Å². The van der Waals surface area contributed by atoms with E-state index in [0.29, 0.717) is 0 Å². The van der Waals surface area contributed by atoms with Gasteiger partial charge in [0, 0.05) is 36.2 Å². The lowest BCUT2D eigenvalue weighted by Gasteiger charge is -2.16. The van der Waals surface area contributed by atoms with Crippen LogP contribution in [0.2, 0.25) is 0 Å². The van der Waals surface area contributed by atoms with Gasteiger partial charge in [-0.15, -0.1) is 24.8 Å². The molecule has 4 rings (SSSR count). The van der Waals surface area contributed by atoms with Crippen LogP contribution < -0.4 is 10.6 Å². The van der Waals surface area contributed by atoms with Crippen LogP contribution in [0.15, 0.2) is 30.5 Å². The summed E-state index contributed by atoms with van der Waals surface area (Å²) < 4.78 is 2.32. The number of carbonyl (C=O) groups is 1. The molecule has 1 fully saturated rings. The number of halogens is 2. The van der Waals surface area contributed by atoms with Gasteiger partial charge in [0.05, 0.1) is 5.92 Å². The molecule has 1 atom stereocenters. The molecule has 1 saturated heterocycles. The topological polar surface area (TPSA) is 59.0 Å². The Bertz CT molecular complexity index is 708. The van der Waals surface area contributed by atoms with Crippen molar-refractivity contribution in [2.24, 2.45) is 5.92 Å². The average Bonchev–Trinajstić information content (AvgIpc) is 3.25. The molecular formula is C18H24Cl2N4O. The van der Waals surface area contributed by atoms with Crippen molar-refractivity contribution in [2.75, 3.05) is 18.4 Å². The van der Waals surface area contributed by atoms with E-state index in [-0.39, 0.29) is 36.6 Å². The lowest BCUT2D eigenvalue weighted by molar-refractivity contribution is -0.119. The molecule has 2 N–H and O–H groups in total. The van der Waals surface area contributed by atoms with E-state index in [1.165, 1.54) is 18.5 Å². The molecule has 1 aromatic carbocycles. The van der Waals surface area contributed by atoms with Gasteiger partial charge in [-0.3, -0.25) is 4.79 Å². The largest absolute Gasteiger partial charge is 0.328 e. The van der Waals surface area contributed by atoms with Crippen LogP contribution in [0.25, 0.3) is 11.4 Å². The van der Waals surface area contributed by atoms with Gasteiger partial charge < -0.3 is 15.2 Å². The molecule has 1 unspecified atom stereocenters. The van der Waals surface area contributed by atoms with Gasteiger partial charge in [0.15, 0.2) is 0 Å².